The smallest absolute Gasteiger partial charge is 1.00 e. The number of halogens is 3. The second-order valence-electron chi connectivity index (χ2n) is 0. The predicted molar refractivity (Wildman–Crippen MR) is 7.23 cm³/mol. The Bertz CT molecular complexity index is 8.75. The molecule has 0 aliphatic rings. The van der Waals surface area contributed by atoms with Gasteiger partial charge in [-0.15, -0.1) is 0 Å². The van der Waals surface area contributed by atoms with Gasteiger partial charge in [-0.2, -0.15) is 0 Å². The van der Waals surface area contributed by atoms with Crippen molar-refractivity contribution in [3.05, 3.63) is 0 Å². The molecule has 6 heavy (non-hydrogen) atoms. The first kappa shape index (κ1) is 153. The summed E-state index contributed by atoms with van der Waals surface area (Å²) in [4.78, 5) is 0. The SMILES string of the molecule is O.O.[Cl-].[Cl-].[Cl-].[Rh+2]. The molecule has 0 aromatic carbocycles. The van der Waals surface area contributed by atoms with Gasteiger partial charge in [-0.05, 0) is 0 Å². The van der Waals surface area contributed by atoms with Crippen LogP contribution in [-0.2, 0) is 19.5 Å². The summed E-state index contributed by atoms with van der Waals surface area (Å²) in [7, 11) is 0. The Morgan fingerprint density at radius 2 is 0.500 bits per heavy atom. The van der Waals surface area contributed by atoms with Crippen molar-refractivity contribution in [2.75, 3.05) is 0 Å². The van der Waals surface area contributed by atoms with Crippen LogP contribution in [0.1, 0.15) is 0 Å². The van der Waals surface area contributed by atoms with E-state index in [2.05, 4.69) is 0 Å². The quantitative estimate of drug-likeness (QED) is 0.381. The van der Waals surface area contributed by atoms with Crippen molar-refractivity contribution in [2.24, 2.45) is 0 Å². The molecule has 0 aromatic rings. The summed E-state index contributed by atoms with van der Waals surface area (Å²) in [6.45, 7) is 0. The van der Waals surface area contributed by atoms with Gasteiger partial charge in [0.2, 0.25) is 0 Å². The minimum Gasteiger partial charge on any atom is -1.00 e. The van der Waals surface area contributed by atoms with E-state index in [0.717, 1.165) is 0 Å². The molecule has 47 valence electrons. The topological polar surface area (TPSA) is 63.0 Å². The molecule has 0 amide bonds. The first-order chi connectivity index (χ1) is 0. The maximum absolute atomic E-state index is 0. The van der Waals surface area contributed by atoms with E-state index in [9.17, 15) is 0 Å². The molecule has 0 bridgehead atoms. The van der Waals surface area contributed by atoms with Gasteiger partial charge in [0.05, 0.1) is 0 Å². The van der Waals surface area contributed by atoms with Gasteiger partial charge in [-0.3, -0.25) is 0 Å². The molecule has 0 spiro atoms. The van der Waals surface area contributed by atoms with Crippen molar-refractivity contribution < 1.29 is 67.7 Å². The fourth-order valence-corrected chi connectivity index (χ4v) is 0. The number of hydrogen-bond acceptors (Lipinski definition) is 0. The van der Waals surface area contributed by atoms with E-state index in [1.165, 1.54) is 0 Å². The predicted octanol–water partition coefficient (Wildman–Crippen LogP) is -10.6. The minimum absolute atomic E-state index is 0. The number of hydrogen-bond donors (Lipinski definition) is 0. The van der Waals surface area contributed by atoms with E-state index in [-0.39, 0.29) is 67.7 Å². The van der Waals surface area contributed by atoms with Crippen LogP contribution < -0.4 is 37.2 Å². The van der Waals surface area contributed by atoms with Crippen molar-refractivity contribution in [3.63, 3.8) is 0 Å². The molecule has 0 heterocycles. The van der Waals surface area contributed by atoms with Crippen LogP contribution in [0.3, 0.4) is 0 Å². The first-order valence-corrected chi connectivity index (χ1v) is 0. The van der Waals surface area contributed by atoms with E-state index in [1.807, 2.05) is 0 Å². The van der Waals surface area contributed by atoms with Crippen LogP contribution >= 0.6 is 0 Å². The summed E-state index contributed by atoms with van der Waals surface area (Å²) in [5.74, 6) is 0. The van der Waals surface area contributed by atoms with Crippen molar-refractivity contribution in [2.45, 2.75) is 0 Å². The van der Waals surface area contributed by atoms with Gasteiger partial charge in [0.25, 0.3) is 0 Å². The molecule has 0 saturated heterocycles. The average molecular weight is 245 g/mol. The summed E-state index contributed by atoms with van der Waals surface area (Å²) < 4.78 is 0. The fraction of sp³-hybridized carbons (Fsp3) is 0. The average Bonchev–Trinajstić information content (AvgIpc) is 0. The molecule has 0 aromatic heterocycles. The van der Waals surface area contributed by atoms with Gasteiger partial charge in [0, 0.05) is 0 Å². The molecule has 2 nitrogen and oxygen atoms in total. The molecule has 0 aliphatic heterocycles. The molecule has 0 saturated carbocycles. The summed E-state index contributed by atoms with van der Waals surface area (Å²) in [6.07, 6.45) is 0. The standard InChI is InChI=1S/3ClH.2H2O.Rh/h3*1H;2*1H2;/q;;;;;+2/p-3. The zero-order valence-electron chi connectivity index (χ0n) is 2.47. The van der Waals surface area contributed by atoms with Gasteiger partial charge in [-0.1, -0.05) is 0 Å². The summed E-state index contributed by atoms with van der Waals surface area (Å²) in [5, 5.41) is 0. The van der Waals surface area contributed by atoms with E-state index in [1.54, 1.807) is 0 Å². The third kappa shape index (κ3) is 52.8. The first-order valence-electron chi connectivity index (χ1n) is 0. The molecule has 0 atom stereocenters. The van der Waals surface area contributed by atoms with E-state index in [4.69, 9.17) is 0 Å². The van der Waals surface area contributed by atoms with Crippen LogP contribution in [0, 0.1) is 0 Å². The van der Waals surface area contributed by atoms with E-state index < -0.39 is 0 Å². The Hall–Kier alpha value is 1.41. The molecule has 0 unspecified atom stereocenters. The van der Waals surface area contributed by atoms with Crippen molar-refractivity contribution in [1.29, 1.82) is 0 Å². The van der Waals surface area contributed by atoms with E-state index in [0.29, 0.717) is 0 Å². The largest absolute Gasteiger partial charge is 2.00 e. The monoisotopic (exact) mass is 244 g/mol. The minimum atomic E-state index is 0. The molecule has 1 radical (unpaired) electrons. The third-order valence-corrected chi connectivity index (χ3v) is 0. The Labute approximate surface area is 67.7 Å². The van der Waals surface area contributed by atoms with Gasteiger partial charge in [0.15, 0.2) is 0 Å². The van der Waals surface area contributed by atoms with Crippen molar-refractivity contribution in [3.8, 4) is 0 Å². The molecule has 6 heteroatoms. The molecular weight excluding hydrogens is 241 g/mol. The van der Waals surface area contributed by atoms with Crippen molar-refractivity contribution >= 4 is 0 Å². The second kappa shape index (κ2) is 94.1. The number of rotatable bonds is 0. The molecule has 0 aliphatic carbocycles. The van der Waals surface area contributed by atoms with Gasteiger partial charge in [-0.25, -0.2) is 0 Å². The van der Waals surface area contributed by atoms with Crippen LogP contribution in [0.4, 0.5) is 0 Å². The zero-order chi connectivity index (χ0) is 0. The van der Waals surface area contributed by atoms with Crippen molar-refractivity contribution in [1.82, 2.24) is 0 Å². The maximum atomic E-state index is 0. The molecule has 0 fully saturated rings. The molecule has 0 rings (SSSR count). The van der Waals surface area contributed by atoms with Crippen LogP contribution in [0.2, 0.25) is 0 Å². The van der Waals surface area contributed by atoms with Crippen LogP contribution in [0.5, 0.6) is 0 Å². The zero-order valence-corrected chi connectivity index (χ0v) is 6.37. The summed E-state index contributed by atoms with van der Waals surface area (Å²) in [6, 6.07) is 0. The third-order valence-electron chi connectivity index (χ3n) is 0. The normalized spacial score (nSPS) is 0. The van der Waals surface area contributed by atoms with Gasteiger partial charge in [0.1, 0.15) is 0 Å². The molecule has 4 N–H and O–H groups in total. The van der Waals surface area contributed by atoms with E-state index >= 15 is 0 Å². The maximum Gasteiger partial charge on any atom is 2.00 e. The van der Waals surface area contributed by atoms with Crippen LogP contribution in [0.25, 0.3) is 0 Å². The Kier molecular flexibility index (Phi) is 2390. The molecular formula is H4Cl3O2Rh-. The Morgan fingerprint density at radius 3 is 0.500 bits per heavy atom. The Morgan fingerprint density at radius 1 is 0.500 bits per heavy atom. The second-order valence-corrected chi connectivity index (χ2v) is 0. The van der Waals surface area contributed by atoms with Crippen LogP contribution in [0.15, 0.2) is 0 Å². The van der Waals surface area contributed by atoms with Gasteiger partial charge >= 0.3 is 19.5 Å². The van der Waals surface area contributed by atoms with Gasteiger partial charge < -0.3 is 48.2 Å². The van der Waals surface area contributed by atoms with Crippen LogP contribution in [-0.4, -0.2) is 11.0 Å². The summed E-state index contributed by atoms with van der Waals surface area (Å²) >= 11 is 0. The Balaban J connectivity index is 0. The fourth-order valence-electron chi connectivity index (χ4n) is 0. The summed E-state index contributed by atoms with van der Waals surface area (Å²) in [5.41, 5.74) is 0.